The molecule has 104 valence electrons. The summed E-state index contributed by atoms with van der Waals surface area (Å²) in [6.45, 7) is 11.6. The Bertz CT molecular complexity index is 363. The summed E-state index contributed by atoms with van der Waals surface area (Å²) in [7, 11) is 0. The molecule has 0 atom stereocenters. The molecule has 4 nitrogen and oxygen atoms in total. The zero-order chi connectivity index (χ0) is 13.5. The summed E-state index contributed by atoms with van der Waals surface area (Å²) in [5.74, 6) is 0. The molecule has 0 unspecified atom stereocenters. The molecule has 1 rings (SSSR count). The van der Waals surface area contributed by atoms with Crippen LogP contribution in [0, 0.1) is 0 Å². The largest absolute Gasteiger partial charge is 0.374 e. The first-order valence-corrected chi connectivity index (χ1v) is 7.44. The molecule has 0 radical (unpaired) electrons. The molecule has 1 aromatic rings. The van der Waals surface area contributed by atoms with Gasteiger partial charge in [0.25, 0.3) is 0 Å². The van der Waals surface area contributed by atoms with Gasteiger partial charge in [-0.1, -0.05) is 20.8 Å². The summed E-state index contributed by atoms with van der Waals surface area (Å²) in [5, 5.41) is 7.88. The average Bonchev–Trinajstić information content (AvgIpc) is 2.65. The number of ether oxygens (including phenoxy) is 1. The molecule has 0 saturated carbocycles. The van der Waals surface area contributed by atoms with Crippen molar-refractivity contribution in [2.24, 2.45) is 0 Å². The van der Waals surface area contributed by atoms with Gasteiger partial charge in [0.2, 0.25) is 0 Å². The van der Waals surface area contributed by atoms with E-state index in [0.29, 0.717) is 12.6 Å². The Morgan fingerprint density at radius 1 is 1.39 bits per heavy atom. The van der Waals surface area contributed by atoms with Crippen molar-refractivity contribution in [3.05, 3.63) is 15.9 Å². The summed E-state index contributed by atoms with van der Waals surface area (Å²) in [4.78, 5) is 0. The molecule has 0 saturated heterocycles. The van der Waals surface area contributed by atoms with E-state index in [1.807, 2.05) is 4.68 Å². The van der Waals surface area contributed by atoms with Gasteiger partial charge in [-0.3, -0.25) is 4.68 Å². The van der Waals surface area contributed by atoms with E-state index in [0.717, 1.165) is 42.0 Å². The Kier molecular flexibility index (Phi) is 6.89. The average molecular weight is 318 g/mol. The fourth-order valence-corrected chi connectivity index (χ4v) is 2.42. The maximum absolute atomic E-state index is 5.70. The van der Waals surface area contributed by atoms with Gasteiger partial charge in [0.1, 0.15) is 0 Å². The van der Waals surface area contributed by atoms with Gasteiger partial charge in [-0.15, -0.1) is 0 Å². The summed E-state index contributed by atoms with van der Waals surface area (Å²) in [5.41, 5.74) is 2.25. The van der Waals surface area contributed by atoms with Crippen molar-refractivity contribution >= 4 is 15.9 Å². The summed E-state index contributed by atoms with van der Waals surface area (Å²) >= 11 is 3.62. The normalized spacial score (nSPS) is 11.4. The van der Waals surface area contributed by atoms with Crippen LogP contribution >= 0.6 is 15.9 Å². The molecule has 0 spiro atoms. The molecule has 0 fully saturated rings. The van der Waals surface area contributed by atoms with Gasteiger partial charge in [-0.25, -0.2) is 0 Å². The third kappa shape index (κ3) is 4.37. The van der Waals surface area contributed by atoms with Crippen LogP contribution in [0.3, 0.4) is 0 Å². The second-order valence-electron chi connectivity index (χ2n) is 4.54. The summed E-state index contributed by atoms with van der Waals surface area (Å²) < 4.78 is 8.81. The second kappa shape index (κ2) is 7.92. The molecule has 1 N–H and O–H groups in total. The van der Waals surface area contributed by atoms with E-state index in [9.17, 15) is 0 Å². The molecular weight excluding hydrogens is 294 g/mol. The Morgan fingerprint density at radius 2 is 2.11 bits per heavy atom. The monoisotopic (exact) mass is 317 g/mol. The van der Waals surface area contributed by atoms with E-state index < -0.39 is 0 Å². The number of rotatable bonds is 8. The van der Waals surface area contributed by atoms with E-state index in [4.69, 9.17) is 4.74 Å². The lowest BCUT2D eigenvalue weighted by Crippen LogP contribution is -2.26. The third-order valence-corrected chi connectivity index (χ3v) is 3.65. The highest BCUT2D eigenvalue weighted by Gasteiger charge is 2.13. The topological polar surface area (TPSA) is 39.1 Å². The SMILES string of the molecule is CCc1nn(CC)c(COCCNC(C)C)c1Br. The lowest BCUT2D eigenvalue weighted by atomic mass is 10.3. The van der Waals surface area contributed by atoms with Crippen LogP contribution in [-0.4, -0.2) is 29.0 Å². The molecule has 0 aliphatic rings. The molecule has 0 aromatic carbocycles. The highest BCUT2D eigenvalue weighted by molar-refractivity contribution is 9.10. The highest BCUT2D eigenvalue weighted by Crippen LogP contribution is 2.22. The molecule has 18 heavy (non-hydrogen) atoms. The van der Waals surface area contributed by atoms with E-state index in [2.05, 4.69) is 54.0 Å². The number of hydrogen-bond donors (Lipinski definition) is 1. The van der Waals surface area contributed by atoms with Crippen LogP contribution in [0.5, 0.6) is 0 Å². The van der Waals surface area contributed by atoms with E-state index in [1.165, 1.54) is 0 Å². The zero-order valence-electron chi connectivity index (χ0n) is 11.8. The maximum Gasteiger partial charge on any atom is 0.0897 e. The van der Waals surface area contributed by atoms with Gasteiger partial charge < -0.3 is 10.1 Å². The minimum atomic E-state index is 0.508. The third-order valence-electron chi connectivity index (χ3n) is 2.73. The van der Waals surface area contributed by atoms with E-state index >= 15 is 0 Å². The van der Waals surface area contributed by atoms with E-state index in [-0.39, 0.29) is 0 Å². The van der Waals surface area contributed by atoms with Gasteiger partial charge in [-0.05, 0) is 29.3 Å². The predicted octanol–water partition coefficient (Wildman–Crippen LogP) is 2.74. The minimum Gasteiger partial charge on any atom is -0.374 e. The van der Waals surface area contributed by atoms with Crippen LogP contribution in [0.15, 0.2) is 4.47 Å². The Balaban J connectivity index is 2.48. The smallest absolute Gasteiger partial charge is 0.0897 e. The second-order valence-corrected chi connectivity index (χ2v) is 5.33. The van der Waals surface area contributed by atoms with Gasteiger partial charge in [0.05, 0.1) is 29.1 Å². The number of nitrogens with zero attached hydrogens (tertiary/aromatic N) is 2. The highest BCUT2D eigenvalue weighted by atomic mass is 79.9. The first-order chi connectivity index (χ1) is 8.60. The van der Waals surface area contributed by atoms with Crippen molar-refractivity contribution in [1.82, 2.24) is 15.1 Å². The standard InChI is InChI=1S/C13H24BrN3O/c1-5-11-13(14)12(17(6-2)16-11)9-18-8-7-15-10(3)4/h10,15H,5-9H2,1-4H3. The van der Waals surface area contributed by atoms with Crippen LogP contribution in [-0.2, 0) is 24.3 Å². The van der Waals surface area contributed by atoms with E-state index in [1.54, 1.807) is 0 Å². The maximum atomic E-state index is 5.70. The summed E-state index contributed by atoms with van der Waals surface area (Å²) in [6, 6.07) is 0.508. The predicted molar refractivity (Wildman–Crippen MR) is 77.8 cm³/mol. The van der Waals surface area contributed by atoms with Gasteiger partial charge in [-0.2, -0.15) is 5.10 Å². The van der Waals surface area contributed by atoms with Crippen LogP contribution in [0.1, 0.15) is 39.1 Å². The fraction of sp³-hybridized carbons (Fsp3) is 0.769. The summed E-state index contributed by atoms with van der Waals surface area (Å²) in [6.07, 6.45) is 0.940. The Morgan fingerprint density at radius 3 is 2.67 bits per heavy atom. The van der Waals surface area contributed by atoms with Gasteiger partial charge in [0, 0.05) is 19.1 Å². The number of halogens is 1. The molecule has 0 aliphatic heterocycles. The van der Waals surface area contributed by atoms with Crippen LogP contribution in [0.4, 0.5) is 0 Å². The molecule has 1 aromatic heterocycles. The van der Waals surface area contributed by atoms with Crippen molar-refractivity contribution in [3.63, 3.8) is 0 Å². The Hall–Kier alpha value is -0.390. The van der Waals surface area contributed by atoms with Crippen molar-refractivity contribution in [2.75, 3.05) is 13.2 Å². The van der Waals surface area contributed by atoms with Crippen molar-refractivity contribution in [1.29, 1.82) is 0 Å². The first kappa shape index (κ1) is 15.7. The first-order valence-electron chi connectivity index (χ1n) is 6.65. The Labute approximate surface area is 118 Å². The molecule has 5 heteroatoms. The van der Waals surface area contributed by atoms with Crippen molar-refractivity contribution < 1.29 is 4.74 Å². The quantitative estimate of drug-likeness (QED) is 0.749. The zero-order valence-corrected chi connectivity index (χ0v) is 13.4. The molecule has 0 aliphatic carbocycles. The van der Waals surface area contributed by atoms with Gasteiger partial charge in [0.15, 0.2) is 0 Å². The lowest BCUT2D eigenvalue weighted by Gasteiger charge is -2.09. The van der Waals surface area contributed by atoms with Crippen LogP contribution in [0.2, 0.25) is 0 Å². The van der Waals surface area contributed by atoms with Crippen LogP contribution < -0.4 is 5.32 Å². The van der Waals surface area contributed by atoms with Crippen LogP contribution in [0.25, 0.3) is 0 Å². The number of nitrogens with one attached hydrogen (secondary N) is 1. The number of aryl methyl sites for hydroxylation is 2. The van der Waals surface area contributed by atoms with Crippen molar-refractivity contribution in [2.45, 2.75) is 53.3 Å². The lowest BCUT2D eigenvalue weighted by molar-refractivity contribution is 0.115. The van der Waals surface area contributed by atoms with Crippen molar-refractivity contribution in [3.8, 4) is 0 Å². The molecular formula is C13H24BrN3O. The molecule has 1 heterocycles. The van der Waals surface area contributed by atoms with Gasteiger partial charge >= 0.3 is 0 Å². The molecule has 0 amide bonds. The fourth-order valence-electron chi connectivity index (χ4n) is 1.74. The minimum absolute atomic E-state index is 0.508. The number of hydrogen-bond acceptors (Lipinski definition) is 3. The molecule has 0 bridgehead atoms. The number of aromatic nitrogens is 2.